The lowest BCUT2D eigenvalue weighted by molar-refractivity contribution is 0.0938. The lowest BCUT2D eigenvalue weighted by Crippen LogP contribution is -2.31. The number of nitrogen functional groups attached to an aromatic ring is 1. The van der Waals surface area contributed by atoms with E-state index in [0.717, 1.165) is 0 Å². The fourth-order valence-corrected chi connectivity index (χ4v) is 1.22. The molecule has 5 heteroatoms. The van der Waals surface area contributed by atoms with E-state index in [-0.39, 0.29) is 11.3 Å². The Hall–Kier alpha value is -1.88. The van der Waals surface area contributed by atoms with E-state index in [1.165, 1.54) is 26.2 Å². The molecule has 0 unspecified atom stereocenters. The molecule has 0 heterocycles. The maximum Gasteiger partial charge on any atom is 0.266 e. The lowest BCUT2D eigenvalue weighted by Gasteiger charge is -2.07. The number of hydrogen-bond donors (Lipinski definition) is 2. The molecule has 0 aromatic heterocycles. The summed E-state index contributed by atoms with van der Waals surface area (Å²) < 4.78 is 4.95. The Morgan fingerprint density at radius 1 is 1.33 bits per heavy atom. The molecule has 0 saturated heterocycles. The molecule has 15 heavy (non-hydrogen) atoms. The molecule has 3 N–H and O–H groups in total. The summed E-state index contributed by atoms with van der Waals surface area (Å²) in [6.45, 7) is 1.38. The minimum Gasteiger partial charge on any atom is -0.497 e. The molecule has 1 aromatic carbocycles. The standard InChI is InChI=1S/C10H12N2O3/c1-6(13)8-4-3-7(15-2)5-9(8)10(14)12-11/h3-5H,11H2,1-2H3,(H,12,14). The van der Waals surface area contributed by atoms with Crippen LogP contribution in [0.2, 0.25) is 0 Å². The fraction of sp³-hybridized carbons (Fsp3) is 0.200. The number of carbonyl (C=O) groups excluding carboxylic acids is 2. The molecule has 80 valence electrons. The van der Waals surface area contributed by atoms with Crippen LogP contribution in [0.5, 0.6) is 5.75 Å². The van der Waals surface area contributed by atoms with Crippen molar-refractivity contribution < 1.29 is 14.3 Å². The third-order valence-electron chi connectivity index (χ3n) is 1.98. The fourth-order valence-electron chi connectivity index (χ4n) is 1.22. The second kappa shape index (κ2) is 4.56. The molecule has 0 atom stereocenters. The maximum atomic E-state index is 11.4. The summed E-state index contributed by atoms with van der Waals surface area (Å²) in [5, 5.41) is 0. The molecule has 1 rings (SSSR count). The van der Waals surface area contributed by atoms with Gasteiger partial charge in [0.25, 0.3) is 5.91 Å². The van der Waals surface area contributed by atoms with Crippen LogP contribution in [0, 0.1) is 0 Å². The predicted molar refractivity (Wildman–Crippen MR) is 54.7 cm³/mol. The molecule has 0 saturated carbocycles. The van der Waals surface area contributed by atoms with Crippen LogP contribution in [0.3, 0.4) is 0 Å². The second-order valence-electron chi connectivity index (χ2n) is 2.94. The SMILES string of the molecule is COc1ccc(C(C)=O)c(C(=O)NN)c1. The first-order valence-corrected chi connectivity index (χ1v) is 4.30. The van der Waals surface area contributed by atoms with Crippen molar-refractivity contribution in [1.82, 2.24) is 5.43 Å². The maximum absolute atomic E-state index is 11.4. The Morgan fingerprint density at radius 3 is 2.47 bits per heavy atom. The molecular formula is C10H12N2O3. The topological polar surface area (TPSA) is 81.4 Å². The highest BCUT2D eigenvalue weighted by molar-refractivity contribution is 6.07. The van der Waals surface area contributed by atoms with Gasteiger partial charge < -0.3 is 4.74 Å². The molecule has 5 nitrogen and oxygen atoms in total. The van der Waals surface area contributed by atoms with Gasteiger partial charge in [0.15, 0.2) is 5.78 Å². The smallest absolute Gasteiger partial charge is 0.266 e. The zero-order valence-electron chi connectivity index (χ0n) is 8.53. The number of Topliss-reactive ketones (excluding diaryl/α,β-unsaturated/α-hetero) is 1. The van der Waals surface area contributed by atoms with E-state index < -0.39 is 5.91 Å². The summed E-state index contributed by atoms with van der Waals surface area (Å²) in [7, 11) is 1.48. The van der Waals surface area contributed by atoms with E-state index in [1.54, 1.807) is 6.07 Å². The Bertz CT molecular complexity index is 402. The van der Waals surface area contributed by atoms with Crippen LogP contribution in [0.4, 0.5) is 0 Å². The summed E-state index contributed by atoms with van der Waals surface area (Å²) in [6, 6.07) is 4.62. The van der Waals surface area contributed by atoms with Gasteiger partial charge in [0, 0.05) is 5.56 Å². The van der Waals surface area contributed by atoms with E-state index in [2.05, 4.69) is 0 Å². The summed E-state index contributed by atoms with van der Waals surface area (Å²) in [4.78, 5) is 22.6. The lowest BCUT2D eigenvalue weighted by atomic mass is 10.0. The number of benzene rings is 1. The van der Waals surface area contributed by atoms with E-state index in [4.69, 9.17) is 10.6 Å². The predicted octanol–water partition coefficient (Wildman–Crippen LogP) is 0.501. The quantitative estimate of drug-likeness (QED) is 0.328. The van der Waals surface area contributed by atoms with Gasteiger partial charge in [-0.15, -0.1) is 0 Å². The number of hydrazine groups is 1. The Kier molecular flexibility index (Phi) is 3.41. The van der Waals surface area contributed by atoms with Crippen LogP contribution in [0.1, 0.15) is 27.6 Å². The average Bonchev–Trinajstić information content (AvgIpc) is 2.26. The molecule has 0 spiro atoms. The first-order valence-electron chi connectivity index (χ1n) is 4.30. The van der Waals surface area contributed by atoms with Crippen molar-refractivity contribution in [1.29, 1.82) is 0 Å². The number of methoxy groups -OCH3 is 1. The van der Waals surface area contributed by atoms with E-state index in [0.29, 0.717) is 11.3 Å². The van der Waals surface area contributed by atoms with Crippen molar-refractivity contribution >= 4 is 11.7 Å². The highest BCUT2D eigenvalue weighted by Crippen LogP contribution is 2.18. The van der Waals surface area contributed by atoms with Gasteiger partial charge in [-0.2, -0.15) is 0 Å². The third kappa shape index (κ3) is 2.32. The molecule has 0 radical (unpaired) electrons. The molecule has 0 aliphatic rings. The Labute approximate surface area is 87.2 Å². The van der Waals surface area contributed by atoms with Crippen LogP contribution in [-0.2, 0) is 0 Å². The number of carbonyl (C=O) groups is 2. The van der Waals surface area contributed by atoms with Crippen molar-refractivity contribution in [3.05, 3.63) is 29.3 Å². The molecule has 0 fully saturated rings. The zero-order chi connectivity index (χ0) is 11.4. The minimum atomic E-state index is -0.515. The number of amides is 1. The van der Waals surface area contributed by atoms with E-state index in [1.807, 2.05) is 5.43 Å². The van der Waals surface area contributed by atoms with Crippen LogP contribution < -0.4 is 16.0 Å². The minimum absolute atomic E-state index is 0.198. The van der Waals surface area contributed by atoms with Gasteiger partial charge in [0.05, 0.1) is 12.7 Å². The van der Waals surface area contributed by atoms with E-state index in [9.17, 15) is 9.59 Å². The highest BCUT2D eigenvalue weighted by atomic mass is 16.5. The molecular weight excluding hydrogens is 196 g/mol. The molecule has 1 amide bonds. The van der Waals surface area contributed by atoms with Crippen molar-refractivity contribution in [3.63, 3.8) is 0 Å². The van der Waals surface area contributed by atoms with Crippen molar-refractivity contribution in [2.75, 3.05) is 7.11 Å². The third-order valence-corrected chi connectivity index (χ3v) is 1.98. The first kappa shape index (κ1) is 11.2. The second-order valence-corrected chi connectivity index (χ2v) is 2.94. The van der Waals surface area contributed by atoms with Gasteiger partial charge in [0.2, 0.25) is 0 Å². The van der Waals surface area contributed by atoms with Gasteiger partial charge in [-0.25, -0.2) is 5.84 Å². The number of nitrogens with two attached hydrogens (primary N) is 1. The molecule has 1 aromatic rings. The Morgan fingerprint density at radius 2 is 2.00 bits per heavy atom. The average molecular weight is 208 g/mol. The zero-order valence-corrected chi connectivity index (χ0v) is 8.53. The number of hydrogen-bond acceptors (Lipinski definition) is 4. The van der Waals surface area contributed by atoms with Gasteiger partial charge in [-0.05, 0) is 25.1 Å². The van der Waals surface area contributed by atoms with Crippen molar-refractivity contribution in [3.8, 4) is 5.75 Å². The summed E-state index contributed by atoms with van der Waals surface area (Å²) in [5.74, 6) is 4.80. The van der Waals surface area contributed by atoms with Gasteiger partial charge >= 0.3 is 0 Å². The highest BCUT2D eigenvalue weighted by Gasteiger charge is 2.14. The first-order chi connectivity index (χ1) is 7.10. The number of ether oxygens (including phenoxy) is 1. The molecule has 0 aliphatic carbocycles. The number of ketones is 1. The van der Waals surface area contributed by atoms with Crippen molar-refractivity contribution in [2.45, 2.75) is 6.92 Å². The number of nitrogens with one attached hydrogen (secondary N) is 1. The molecule has 0 aliphatic heterocycles. The number of rotatable bonds is 3. The van der Waals surface area contributed by atoms with E-state index >= 15 is 0 Å². The molecule has 0 bridgehead atoms. The monoisotopic (exact) mass is 208 g/mol. The van der Waals surface area contributed by atoms with Gasteiger partial charge in [-0.3, -0.25) is 15.0 Å². The van der Waals surface area contributed by atoms with Crippen LogP contribution in [0.15, 0.2) is 18.2 Å². The largest absolute Gasteiger partial charge is 0.497 e. The van der Waals surface area contributed by atoms with Crippen LogP contribution in [-0.4, -0.2) is 18.8 Å². The summed E-state index contributed by atoms with van der Waals surface area (Å²) in [5.41, 5.74) is 2.51. The normalized spacial score (nSPS) is 9.53. The van der Waals surface area contributed by atoms with Gasteiger partial charge in [0.1, 0.15) is 5.75 Å². The summed E-state index contributed by atoms with van der Waals surface area (Å²) in [6.07, 6.45) is 0. The van der Waals surface area contributed by atoms with Crippen LogP contribution >= 0.6 is 0 Å². The van der Waals surface area contributed by atoms with Crippen LogP contribution in [0.25, 0.3) is 0 Å². The Balaban J connectivity index is 3.28. The summed E-state index contributed by atoms with van der Waals surface area (Å²) >= 11 is 0. The van der Waals surface area contributed by atoms with Crippen molar-refractivity contribution in [2.24, 2.45) is 5.84 Å². The van der Waals surface area contributed by atoms with Gasteiger partial charge in [-0.1, -0.05) is 0 Å².